The third kappa shape index (κ3) is 2.79. The molecule has 0 fully saturated rings. The van der Waals surface area contributed by atoms with Crippen molar-refractivity contribution >= 4 is 44.5 Å². The first-order valence-corrected chi connectivity index (χ1v) is 10.6. The maximum atomic E-state index is 13.0. The van der Waals surface area contributed by atoms with Gasteiger partial charge in [-0.3, -0.25) is 4.79 Å². The van der Waals surface area contributed by atoms with Crippen molar-refractivity contribution in [2.24, 2.45) is 0 Å². The lowest BCUT2D eigenvalue weighted by Crippen LogP contribution is -2.47. The molecule has 1 amide bonds. The van der Waals surface area contributed by atoms with Crippen LogP contribution in [0.5, 0.6) is 0 Å². The summed E-state index contributed by atoms with van der Waals surface area (Å²) in [6.07, 6.45) is 3.79. The Morgan fingerprint density at radius 3 is 2.70 bits per heavy atom. The fourth-order valence-corrected chi connectivity index (χ4v) is 6.54. The van der Waals surface area contributed by atoms with Crippen LogP contribution >= 0.6 is 32.9 Å². The van der Waals surface area contributed by atoms with E-state index in [0.29, 0.717) is 6.42 Å². The quantitative estimate of drug-likeness (QED) is 0.357. The summed E-state index contributed by atoms with van der Waals surface area (Å²) in [6, 6.07) is 8.17. The molecule has 1 aromatic heterocycles. The Hall–Kier alpha value is -1.04. The van der Waals surface area contributed by atoms with Crippen LogP contribution in [0, 0.1) is 3.82 Å². The number of hydrogen-bond acceptors (Lipinski definition) is 4. The molecule has 0 bridgehead atoms. The van der Waals surface area contributed by atoms with Gasteiger partial charge < -0.3 is 4.90 Å². The molecule has 0 N–H and O–H groups in total. The van der Waals surface area contributed by atoms with Crippen LogP contribution in [0.4, 0.5) is 5.69 Å². The molecular formula is C18H21NOS3. The van der Waals surface area contributed by atoms with Crippen molar-refractivity contribution in [3.05, 3.63) is 33.0 Å². The molecule has 1 aromatic carbocycles. The largest absolute Gasteiger partial charge is 0.301 e. The van der Waals surface area contributed by atoms with Gasteiger partial charge in [-0.25, -0.2) is 0 Å². The molecule has 1 aliphatic rings. The summed E-state index contributed by atoms with van der Waals surface area (Å²) in [5.74, 6) is 0.214. The SMILES string of the molecule is CCCCCC(=O)N1c2ccccc2-c2c(ssc2=S)C1(C)C. The number of carbonyl (C=O) groups is 1. The summed E-state index contributed by atoms with van der Waals surface area (Å²) < 4.78 is 0.934. The minimum Gasteiger partial charge on any atom is -0.301 e. The number of fused-ring (bicyclic) bond motifs is 3. The first kappa shape index (κ1) is 16.8. The van der Waals surface area contributed by atoms with Crippen LogP contribution in [0.3, 0.4) is 0 Å². The molecule has 2 heterocycles. The maximum absolute atomic E-state index is 13.0. The van der Waals surface area contributed by atoms with Crippen LogP contribution < -0.4 is 4.90 Å². The fourth-order valence-electron chi connectivity index (χ4n) is 3.26. The van der Waals surface area contributed by atoms with Gasteiger partial charge in [0.05, 0.1) is 16.1 Å². The van der Waals surface area contributed by atoms with Gasteiger partial charge in [0.15, 0.2) is 0 Å². The van der Waals surface area contributed by atoms with Gasteiger partial charge in [0, 0.05) is 17.5 Å². The van der Waals surface area contributed by atoms with Crippen LogP contribution in [0.15, 0.2) is 24.3 Å². The van der Waals surface area contributed by atoms with E-state index in [4.69, 9.17) is 12.2 Å². The third-order valence-electron chi connectivity index (χ3n) is 4.40. The van der Waals surface area contributed by atoms with Gasteiger partial charge in [-0.1, -0.05) is 70.9 Å². The number of hydrogen-bond donors (Lipinski definition) is 0. The Morgan fingerprint density at radius 2 is 1.96 bits per heavy atom. The molecule has 0 spiro atoms. The molecule has 122 valence electrons. The zero-order valence-electron chi connectivity index (χ0n) is 13.7. The minimum absolute atomic E-state index is 0.214. The molecule has 23 heavy (non-hydrogen) atoms. The molecule has 0 aliphatic carbocycles. The van der Waals surface area contributed by atoms with Crippen molar-refractivity contribution in [2.75, 3.05) is 4.90 Å². The van der Waals surface area contributed by atoms with Gasteiger partial charge >= 0.3 is 0 Å². The van der Waals surface area contributed by atoms with Crippen molar-refractivity contribution in [3.63, 3.8) is 0 Å². The highest BCUT2D eigenvalue weighted by atomic mass is 32.9. The predicted molar refractivity (Wildman–Crippen MR) is 103 cm³/mol. The third-order valence-corrected chi connectivity index (χ3v) is 7.73. The molecular weight excluding hydrogens is 342 g/mol. The molecule has 3 rings (SSSR count). The summed E-state index contributed by atoms with van der Waals surface area (Å²) in [4.78, 5) is 16.2. The van der Waals surface area contributed by atoms with E-state index < -0.39 is 0 Å². The number of nitrogens with zero attached hydrogens (tertiary/aromatic N) is 1. The van der Waals surface area contributed by atoms with E-state index in [-0.39, 0.29) is 11.4 Å². The molecule has 2 nitrogen and oxygen atoms in total. The van der Waals surface area contributed by atoms with Crippen LogP contribution in [-0.2, 0) is 10.3 Å². The highest BCUT2D eigenvalue weighted by Gasteiger charge is 2.42. The lowest BCUT2D eigenvalue weighted by molar-refractivity contribution is -0.119. The number of amides is 1. The Balaban J connectivity index is 2.10. The first-order chi connectivity index (χ1) is 11.0. The Morgan fingerprint density at radius 1 is 1.22 bits per heavy atom. The van der Waals surface area contributed by atoms with E-state index in [9.17, 15) is 4.79 Å². The van der Waals surface area contributed by atoms with Gasteiger partial charge in [-0.2, -0.15) is 0 Å². The fraction of sp³-hybridized carbons (Fsp3) is 0.444. The average molecular weight is 364 g/mol. The normalized spacial score (nSPS) is 15.2. The lowest BCUT2D eigenvalue weighted by atomic mass is 9.87. The first-order valence-electron chi connectivity index (χ1n) is 8.04. The zero-order valence-corrected chi connectivity index (χ0v) is 16.2. The van der Waals surface area contributed by atoms with Crippen LogP contribution in [0.1, 0.15) is 51.3 Å². The van der Waals surface area contributed by atoms with E-state index in [2.05, 4.69) is 32.9 Å². The Kier molecular flexibility index (Phi) is 4.72. The van der Waals surface area contributed by atoms with Crippen molar-refractivity contribution < 1.29 is 4.79 Å². The smallest absolute Gasteiger partial charge is 0.227 e. The van der Waals surface area contributed by atoms with Crippen molar-refractivity contribution in [2.45, 2.75) is 52.0 Å². The summed E-state index contributed by atoms with van der Waals surface area (Å²) in [5.41, 5.74) is 2.93. The van der Waals surface area contributed by atoms with E-state index in [1.165, 1.54) is 4.88 Å². The number of benzene rings is 1. The van der Waals surface area contributed by atoms with Crippen LogP contribution in [-0.4, -0.2) is 5.91 Å². The number of para-hydroxylation sites is 1. The number of anilines is 1. The zero-order chi connectivity index (χ0) is 16.6. The van der Waals surface area contributed by atoms with E-state index in [1.807, 2.05) is 17.0 Å². The van der Waals surface area contributed by atoms with Gasteiger partial charge in [-0.05, 0) is 26.3 Å². The summed E-state index contributed by atoms with van der Waals surface area (Å²) >= 11 is 5.57. The molecule has 5 heteroatoms. The van der Waals surface area contributed by atoms with E-state index in [0.717, 1.165) is 39.9 Å². The number of unbranched alkanes of at least 4 members (excludes halogenated alkanes) is 2. The topological polar surface area (TPSA) is 20.3 Å². The van der Waals surface area contributed by atoms with Crippen molar-refractivity contribution in [1.29, 1.82) is 0 Å². The van der Waals surface area contributed by atoms with E-state index >= 15 is 0 Å². The van der Waals surface area contributed by atoms with Gasteiger partial charge in [0.2, 0.25) is 5.91 Å². The van der Waals surface area contributed by atoms with E-state index in [1.54, 1.807) is 20.7 Å². The lowest BCUT2D eigenvalue weighted by Gasteiger charge is -2.43. The Bertz CT molecular complexity index is 788. The molecule has 0 atom stereocenters. The van der Waals surface area contributed by atoms with Gasteiger partial charge in [0.1, 0.15) is 3.82 Å². The standard InChI is InChI=1S/C18H21NOS3/c1-4-5-6-11-14(20)19-13-10-8-7-9-12(13)15-16(18(19,2)3)22-23-17(15)21/h7-10H,4-6,11H2,1-3H3. The maximum Gasteiger partial charge on any atom is 0.227 e. The average Bonchev–Trinajstić information content (AvgIpc) is 2.90. The van der Waals surface area contributed by atoms with Crippen LogP contribution in [0.2, 0.25) is 0 Å². The minimum atomic E-state index is -0.342. The molecule has 0 radical (unpaired) electrons. The summed E-state index contributed by atoms with van der Waals surface area (Å²) in [6.45, 7) is 6.43. The van der Waals surface area contributed by atoms with Gasteiger partial charge in [0.25, 0.3) is 0 Å². The van der Waals surface area contributed by atoms with Crippen LogP contribution in [0.25, 0.3) is 11.1 Å². The molecule has 0 unspecified atom stereocenters. The van der Waals surface area contributed by atoms with Crippen molar-refractivity contribution in [1.82, 2.24) is 0 Å². The number of carbonyl (C=O) groups excluding carboxylic acids is 1. The number of rotatable bonds is 4. The summed E-state index contributed by atoms with van der Waals surface area (Å²) in [7, 11) is 3.36. The summed E-state index contributed by atoms with van der Waals surface area (Å²) in [5, 5.41) is 0. The highest BCUT2D eigenvalue weighted by molar-refractivity contribution is 7.80. The van der Waals surface area contributed by atoms with Crippen molar-refractivity contribution in [3.8, 4) is 11.1 Å². The molecule has 1 aliphatic heterocycles. The molecule has 0 saturated carbocycles. The second kappa shape index (κ2) is 6.46. The second-order valence-electron chi connectivity index (χ2n) is 6.42. The Labute approximate surface area is 150 Å². The molecule has 0 saturated heterocycles. The second-order valence-corrected chi connectivity index (χ2v) is 9.24. The van der Waals surface area contributed by atoms with Gasteiger partial charge in [-0.15, -0.1) is 0 Å². The molecule has 2 aromatic rings. The predicted octanol–water partition coefficient (Wildman–Crippen LogP) is 6.37. The highest BCUT2D eigenvalue weighted by Crippen LogP contribution is 2.52. The monoisotopic (exact) mass is 363 g/mol.